The number of carbonyl (C=O) groups excluding carboxylic acids is 12. The third kappa shape index (κ3) is 32.3. The minimum absolute atomic E-state index is 0.125. The molecular weight excluding hydrogens is 1480 g/mol. The quantitative estimate of drug-likeness (QED) is 0.0225. The van der Waals surface area contributed by atoms with Crippen molar-refractivity contribution in [3.63, 3.8) is 0 Å². The second kappa shape index (κ2) is 50.3. The topological polar surface area (TPSA) is 389 Å². The van der Waals surface area contributed by atoms with Crippen LogP contribution in [0.5, 0.6) is 0 Å². The monoisotopic (exact) mass is 1590 g/mol. The van der Waals surface area contributed by atoms with Gasteiger partial charge in [-0.25, -0.2) is 57.5 Å². The van der Waals surface area contributed by atoms with Crippen molar-refractivity contribution in [1.29, 1.82) is 0 Å². The number of ether oxygens (including phenoxy) is 20. The van der Waals surface area contributed by atoms with Gasteiger partial charge in [0.1, 0.15) is 31.8 Å². The van der Waals surface area contributed by atoms with E-state index in [9.17, 15) is 38.4 Å². The zero-order chi connectivity index (χ0) is 83.7. The zero-order valence-corrected chi connectivity index (χ0v) is 67.3. The summed E-state index contributed by atoms with van der Waals surface area (Å²) in [5.74, 6) is -14.6. The fraction of sp³-hybridized carbons (Fsp3) is 0.556. The van der Waals surface area contributed by atoms with Gasteiger partial charge in [-0.05, 0) is 180 Å². The second-order valence-electron chi connectivity index (χ2n) is 25.6. The van der Waals surface area contributed by atoms with E-state index in [2.05, 4.69) is 0 Å². The number of carbonyl (C=O) groups is 12. The molecule has 0 aromatic heterocycles. The third-order valence-electron chi connectivity index (χ3n) is 15.5. The van der Waals surface area contributed by atoms with Crippen LogP contribution in [-0.2, 0) is 94.7 Å². The molecule has 624 valence electrons. The maximum Gasteiger partial charge on any atom is 0.341 e. The number of hydrogen-bond donors (Lipinski definition) is 0. The molecule has 0 spiro atoms. The molecule has 32 heteroatoms. The van der Waals surface area contributed by atoms with Gasteiger partial charge >= 0.3 is 71.6 Å². The molecule has 4 aromatic carbocycles. The van der Waals surface area contributed by atoms with E-state index < -0.39 is 198 Å². The number of esters is 12. The number of hydrogen-bond acceptors (Lipinski definition) is 32. The van der Waals surface area contributed by atoms with Crippen LogP contribution in [0.4, 0.5) is 0 Å². The van der Waals surface area contributed by atoms with Crippen molar-refractivity contribution in [2.45, 2.75) is 212 Å². The predicted octanol–water partition coefficient (Wildman–Crippen LogP) is 12.8. The molecule has 0 radical (unpaired) electrons. The fourth-order valence-corrected chi connectivity index (χ4v) is 9.78. The van der Waals surface area contributed by atoms with E-state index >= 15 is 19.2 Å². The van der Waals surface area contributed by atoms with Gasteiger partial charge in [0.15, 0.2) is 50.3 Å². The highest BCUT2D eigenvalue weighted by Crippen LogP contribution is 2.30. The second-order valence-corrected chi connectivity index (χ2v) is 25.6. The van der Waals surface area contributed by atoms with Gasteiger partial charge in [0.05, 0.1) is 120 Å². The van der Waals surface area contributed by atoms with E-state index in [0.29, 0.717) is 51.4 Å². The first kappa shape index (κ1) is 95.6. The van der Waals surface area contributed by atoms with Gasteiger partial charge in [-0.15, -0.1) is 0 Å². The highest BCUT2D eigenvalue weighted by Gasteiger charge is 2.41. The largest absolute Gasteiger partial charge is 0.461 e. The first-order valence-corrected chi connectivity index (χ1v) is 37.8. The molecule has 0 fully saturated rings. The highest BCUT2D eigenvalue weighted by molar-refractivity contribution is 6.08. The minimum atomic E-state index is -2.51. The summed E-state index contributed by atoms with van der Waals surface area (Å²) in [7, 11) is 0. The smallest absolute Gasteiger partial charge is 0.341 e. The van der Waals surface area contributed by atoms with Crippen molar-refractivity contribution >= 4 is 71.6 Å². The molecule has 8 atom stereocenters. The van der Waals surface area contributed by atoms with Crippen LogP contribution in [0, 0.1) is 5.41 Å². The summed E-state index contributed by atoms with van der Waals surface area (Å²) in [5, 5.41) is 0. The fourth-order valence-electron chi connectivity index (χ4n) is 9.78. The Labute approximate surface area is 658 Å². The Balaban J connectivity index is 2.13. The van der Waals surface area contributed by atoms with E-state index in [1.165, 1.54) is 55.4 Å². The van der Waals surface area contributed by atoms with Gasteiger partial charge in [0.2, 0.25) is 0 Å². The van der Waals surface area contributed by atoms with Crippen molar-refractivity contribution in [1.82, 2.24) is 0 Å². The summed E-state index contributed by atoms with van der Waals surface area (Å²) in [6.45, 7) is 22.3. The Hall–Kier alpha value is -9.80. The van der Waals surface area contributed by atoms with Gasteiger partial charge in [-0.2, -0.15) is 0 Å². The van der Waals surface area contributed by atoms with E-state index in [0.717, 1.165) is 72.8 Å². The van der Waals surface area contributed by atoms with Crippen molar-refractivity contribution < 1.29 is 152 Å². The van der Waals surface area contributed by atoms with Crippen LogP contribution in [0.3, 0.4) is 0 Å². The molecule has 0 bridgehead atoms. The Kier molecular flexibility index (Phi) is 42.6. The average Bonchev–Trinajstić information content (AvgIpc) is 0.849. The van der Waals surface area contributed by atoms with Gasteiger partial charge in [-0.3, -0.25) is 0 Å². The third-order valence-corrected chi connectivity index (χ3v) is 15.5. The van der Waals surface area contributed by atoms with E-state index in [1.807, 2.05) is 27.7 Å². The molecule has 0 saturated heterocycles. The SMILES string of the molecule is CCCOC(C)OC(=O)c1ccc(C(=O)OCC(COC(=O)c2ccc(C(=O)OC(C)OCCC)cc2C(=O)OC(C)OCCC)(COC(=O)c2ccc(C(=O)OC(C)OCCC)cc2C(=O)OC(C)OCCC)COC(=O)c2ccc(C(=O)OC(C)OCCC)cc2C(=O)OC(C)OCCC)c(C(=O)OC(C)OCCC)c1. The molecule has 0 amide bonds. The molecular formula is C81H108O32. The first-order chi connectivity index (χ1) is 53.9. The number of benzene rings is 4. The lowest BCUT2D eigenvalue weighted by Crippen LogP contribution is -2.44. The molecule has 0 aliphatic rings. The van der Waals surface area contributed by atoms with Crippen LogP contribution in [0.2, 0.25) is 0 Å². The molecule has 0 aliphatic carbocycles. The Bertz CT molecular complexity index is 3310. The normalized spacial score (nSPS) is 13.8. The summed E-state index contributed by atoms with van der Waals surface area (Å²) in [6.07, 6.45) is -5.03. The zero-order valence-electron chi connectivity index (χ0n) is 67.3. The van der Waals surface area contributed by atoms with Crippen LogP contribution < -0.4 is 0 Å². The Morgan fingerprint density at radius 3 is 0.522 bits per heavy atom. The molecule has 8 unspecified atom stereocenters. The van der Waals surface area contributed by atoms with Crippen molar-refractivity contribution in [3.8, 4) is 0 Å². The lowest BCUT2D eigenvalue weighted by Gasteiger charge is -2.32. The van der Waals surface area contributed by atoms with Gasteiger partial charge in [0.25, 0.3) is 0 Å². The lowest BCUT2D eigenvalue weighted by molar-refractivity contribution is -0.0989. The minimum Gasteiger partial charge on any atom is -0.461 e. The molecule has 32 nitrogen and oxygen atoms in total. The summed E-state index contributed by atoms with van der Waals surface area (Å²) >= 11 is 0. The number of rotatable bonds is 52. The summed E-state index contributed by atoms with van der Waals surface area (Å²) < 4.78 is 113. The maximum atomic E-state index is 15.1. The van der Waals surface area contributed by atoms with Crippen molar-refractivity contribution in [3.05, 3.63) is 140 Å². The highest BCUT2D eigenvalue weighted by atomic mass is 16.7. The van der Waals surface area contributed by atoms with Crippen molar-refractivity contribution in [2.75, 3.05) is 79.3 Å². The van der Waals surface area contributed by atoms with Crippen molar-refractivity contribution in [2.24, 2.45) is 5.41 Å². The lowest BCUT2D eigenvalue weighted by atomic mass is 9.91. The van der Waals surface area contributed by atoms with Crippen LogP contribution in [-0.4, -0.2) is 201 Å². The average molecular weight is 1590 g/mol. The van der Waals surface area contributed by atoms with Gasteiger partial charge < -0.3 is 94.7 Å². The predicted molar refractivity (Wildman–Crippen MR) is 398 cm³/mol. The molecule has 4 rings (SSSR count). The van der Waals surface area contributed by atoms with E-state index in [4.69, 9.17) is 94.7 Å². The maximum absolute atomic E-state index is 15.1. The van der Waals surface area contributed by atoms with Gasteiger partial charge in [0, 0.05) is 0 Å². The molecule has 113 heavy (non-hydrogen) atoms. The summed E-state index contributed by atoms with van der Waals surface area (Å²) in [5.41, 5.74) is -8.50. The van der Waals surface area contributed by atoms with E-state index in [1.54, 1.807) is 27.7 Å². The standard InChI is InChI=1S/C81H108O32/c1-17-33-94-49(9)106-69(82)57-25-29-61(65(41-57)77(90)110-53(13)98-37-21-5)73(86)102-45-81(46-103-74(87)62-30-26-58(70(83)107-50(10)95-34-18-2)42-66(62)78(91)111-54(14)99-38-22-6,47-104-75(88)63-31-27-59(71(84)108-51(11)96-35-19-3)43-67(63)79(92)112-55(15)100-39-23-7)48-105-76(89)64-32-28-60(72(85)109-52(12)97-36-20-4)44-68(64)80(93)113-56(16)101-40-24-8/h25-32,41-44,49-56H,17-24,33-40,45-48H2,1-16H3. The Morgan fingerprint density at radius 1 is 0.221 bits per heavy atom. The molecule has 0 heterocycles. The molecule has 4 aromatic rings. The van der Waals surface area contributed by atoms with Crippen LogP contribution in [0.25, 0.3) is 0 Å². The van der Waals surface area contributed by atoms with Crippen LogP contribution >= 0.6 is 0 Å². The molecule has 0 N–H and O–H groups in total. The van der Waals surface area contributed by atoms with Gasteiger partial charge in [-0.1, -0.05) is 55.4 Å². The Morgan fingerprint density at radius 2 is 0.372 bits per heavy atom. The molecule has 0 aliphatic heterocycles. The molecule has 0 saturated carbocycles. The first-order valence-electron chi connectivity index (χ1n) is 37.8. The summed E-state index contributed by atoms with van der Waals surface area (Å²) in [4.78, 5) is 172. The van der Waals surface area contributed by atoms with E-state index in [-0.39, 0.29) is 75.1 Å². The summed E-state index contributed by atoms with van der Waals surface area (Å²) in [6, 6.07) is 12.4. The van der Waals surface area contributed by atoms with Crippen LogP contribution in [0.15, 0.2) is 72.8 Å². The van der Waals surface area contributed by atoms with Crippen LogP contribution in [0.1, 0.15) is 286 Å².